The van der Waals surface area contributed by atoms with E-state index in [1.165, 1.54) is 21.3 Å². The number of nitrogens with zero attached hydrogens (tertiary/aromatic N) is 2. The topological polar surface area (TPSA) is 60.4 Å². The highest BCUT2D eigenvalue weighted by molar-refractivity contribution is 8.14. The minimum absolute atomic E-state index is 0.150. The monoisotopic (exact) mass is 400 g/mol. The van der Waals surface area contributed by atoms with Gasteiger partial charge < -0.3 is 14.2 Å². The second kappa shape index (κ2) is 8.56. The Kier molecular flexibility index (Phi) is 6.14. The van der Waals surface area contributed by atoms with E-state index >= 15 is 0 Å². The van der Waals surface area contributed by atoms with Crippen molar-refractivity contribution in [3.05, 3.63) is 47.5 Å². The van der Waals surface area contributed by atoms with E-state index in [1.54, 1.807) is 28.8 Å². The third-order valence-corrected chi connectivity index (χ3v) is 5.43. The van der Waals surface area contributed by atoms with Gasteiger partial charge >= 0.3 is 0 Å². The third kappa shape index (κ3) is 4.09. The molecule has 2 aromatic carbocycles. The van der Waals surface area contributed by atoms with E-state index in [2.05, 4.69) is 6.92 Å². The number of aliphatic imine (C=N–C) groups is 1. The molecular weight excluding hydrogens is 376 g/mol. The Labute approximate surface area is 169 Å². The molecule has 2 aromatic rings. The summed E-state index contributed by atoms with van der Waals surface area (Å²) < 4.78 is 16.1. The zero-order valence-corrected chi connectivity index (χ0v) is 17.5. The van der Waals surface area contributed by atoms with Crippen LogP contribution < -0.4 is 14.2 Å². The summed E-state index contributed by atoms with van der Waals surface area (Å²) in [5.41, 5.74) is 2.42. The van der Waals surface area contributed by atoms with Gasteiger partial charge in [0.15, 0.2) is 16.7 Å². The van der Waals surface area contributed by atoms with Crippen LogP contribution in [0.15, 0.2) is 41.4 Å². The molecule has 0 N–H and O–H groups in total. The van der Waals surface area contributed by atoms with Gasteiger partial charge in [-0.05, 0) is 36.8 Å². The van der Waals surface area contributed by atoms with Gasteiger partial charge in [-0.3, -0.25) is 9.69 Å². The number of hydrogen-bond acceptors (Lipinski definition) is 6. The molecule has 0 bridgehead atoms. The largest absolute Gasteiger partial charge is 0.493 e. The first-order chi connectivity index (χ1) is 13.5. The van der Waals surface area contributed by atoms with Crippen LogP contribution in [0, 0.1) is 6.92 Å². The van der Waals surface area contributed by atoms with E-state index < -0.39 is 0 Å². The summed E-state index contributed by atoms with van der Waals surface area (Å²) in [5, 5.41) is 0.950. The first-order valence-electron chi connectivity index (χ1n) is 8.90. The number of methoxy groups -OCH3 is 3. The summed E-state index contributed by atoms with van der Waals surface area (Å²) in [6.45, 7) is 4.69. The Morgan fingerprint density at radius 1 is 1.11 bits per heavy atom. The van der Waals surface area contributed by atoms with Crippen molar-refractivity contribution in [1.82, 2.24) is 4.90 Å². The Balaban J connectivity index is 1.98. The SMILES string of the molecule is COc1cc(C(=O)N2C[C@@H](C)SC2=Nc2cccc(C)c2)cc(OC)c1OC. The van der Waals surface area contributed by atoms with Crippen LogP contribution in [0.4, 0.5) is 5.69 Å². The summed E-state index contributed by atoms with van der Waals surface area (Å²) in [5.74, 6) is 1.20. The fourth-order valence-electron chi connectivity index (χ4n) is 3.04. The van der Waals surface area contributed by atoms with E-state index in [1.807, 2.05) is 31.2 Å². The Bertz CT molecular complexity index is 888. The molecule has 0 unspecified atom stereocenters. The number of amides is 1. The highest BCUT2D eigenvalue weighted by atomic mass is 32.2. The second-order valence-electron chi connectivity index (χ2n) is 6.49. The fourth-order valence-corrected chi connectivity index (χ4v) is 4.07. The molecule has 0 aliphatic carbocycles. The highest BCUT2D eigenvalue weighted by Crippen LogP contribution is 2.39. The van der Waals surface area contributed by atoms with Gasteiger partial charge in [0.1, 0.15) is 0 Å². The van der Waals surface area contributed by atoms with Gasteiger partial charge in [0.2, 0.25) is 5.75 Å². The number of ether oxygens (including phenoxy) is 3. The molecule has 148 valence electrons. The Morgan fingerprint density at radius 2 is 1.79 bits per heavy atom. The van der Waals surface area contributed by atoms with Gasteiger partial charge in [-0.1, -0.05) is 30.8 Å². The first kappa shape index (κ1) is 20.1. The molecule has 1 aliphatic heterocycles. The minimum atomic E-state index is -0.150. The zero-order chi connectivity index (χ0) is 20.3. The number of benzene rings is 2. The first-order valence-corrected chi connectivity index (χ1v) is 9.78. The Morgan fingerprint density at radius 3 is 2.36 bits per heavy atom. The van der Waals surface area contributed by atoms with E-state index in [-0.39, 0.29) is 11.2 Å². The van der Waals surface area contributed by atoms with Crippen LogP contribution in [0.5, 0.6) is 17.2 Å². The number of rotatable bonds is 5. The van der Waals surface area contributed by atoms with Crippen LogP contribution in [-0.2, 0) is 0 Å². The summed E-state index contributed by atoms with van der Waals surface area (Å²) in [6.07, 6.45) is 0. The van der Waals surface area contributed by atoms with Crippen molar-refractivity contribution < 1.29 is 19.0 Å². The van der Waals surface area contributed by atoms with Crippen LogP contribution in [0.3, 0.4) is 0 Å². The van der Waals surface area contributed by atoms with Gasteiger partial charge in [-0.25, -0.2) is 4.99 Å². The predicted molar refractivity (Wildman–Crippen MR) is 112 cm³/mol. The highest BCUT2D eigenvalue weighted by Gasteiger charge is 2.32. The van der Waals surface area contributed by atoms with Crippen LogP contribution in [0.2, 0.25) is 0 Å². The smallest absolute Gasteiger partial charge is 0.260 e. The van der Waals surface area contributed by atoms with Crippen LogP contribution in [0.25, 0.3) is 0 Å². The molecule has 1 aliphatic rings. The number of carbonyl (C=O) groups excluding carboxylic acids is 1. The number of amidine groups is 1. The maximum Gasteiger partial charge on any atom is 0.260 e. The lowest BCUT2D eigenvalue weighted by Crippen LogP contribution is -2.32. The molecule has 3 rings (SSSR count). The molecule has 7 heteroatoms. The molecule has 0 radical (unpaired) electrons. The number of hydrogen-bond donors (Lipinski definition) is 0. The molecule has 1 fully saturated rings. The molecule has 28 heavy (non-hydrogen) atoms. The normalized spacial score (nSPS) is 17.7. The minimum Gasteiger partial charge on any atom is -0.493 e. The fraction of sp³-hybridized carbons (Fsp3) is 0.333. The number of thioether (sulfide) groups is 1. The molecule has 6 nitrogen and oxygen atoms in total. The second-order valence-corrected chi connectivity index (χ2v) is 7.90. The lowest BCUT2D eigenvalue weighted by Gasteiger charge is -2.18. The van der Waals surface area contributed by atoms with Crippen molar-refractivity contribution in [3.8, 4) is 17.2 Å². The van der Waals surface area contributed by atoms with Crippen LogP contribution >= 0.6 is 11.8 Å². The average molecular weight is 401 g/mol. The average Bonchev–Trinajstić information content (AvgIpc) is 3.06. The summed E-state index contributed by atoms with van der Waals surface area (Å²) in [7, 11) is 4.60. The van der Waals surface area contributed by atoms with Crippen molar-refractivity contribution in [2.45, 2.75) is 19.1 Å². The molecule has 0 aromatic heterocycles. The molecule has 0 spiro atoms. The molecular formula is C21H24N2O4S. The number of carbonyl (C=O) groups is 1. The Hall–Kier alpha value is -2.67. The lowest BCUT2D eigenvalue weighted by molar-refractivity contribution is 0.0854. The van der Waals surface area contributed by atoms with Gasteiger partial charge in [0.05, 0.1) is 27.0 Å². The van der Waals surface area contributed by atoms with Gasteiger partial charge in [-0.2, -0.15) is 0 Å². The summed E-state index contributed by atoms with van der Waals surface area (Å²) in [6, 6.07) is 11.3. The van der Waals surface area contributed by atoms with Crippen LogP contribution in [-0.4, -0.2) is 49.1 Å². The molecule has 1 amide bonds. The maximum atomic E-state index is 13.3. The molecule has 1 saturated heterocycles. The molecule has 0 saturated carbocycles. The third-order valence-electron chi connectivity index (χ3n) is 4.36. The van der Waals surface area contributed by atoms with Crippen molar-refractivity contribution in [3.63, 3.8) is 0 Å². The van der Waals surface area contributed by atoms with Crippen molar-refractivity contribution in [2.75, 3.05) is 27.9 Å². The summed E-state index contributed by atoms with van der Waals surface area (Å²) in [4.78, 5) is 19.7. The van der Waals surface area contributed by atoms with Gasteiger partial charge in [-0.15, -0.1) is 0 Å². The predicted octanol–water partition coefficient (Wildman–Crippen LogP) is 4.29. The van der Waals surface area contributed by atoms with Crippen molar-refractivity contribution in [1.29, 1.82) is 0 Å². The van der Waals surface area contributed by atoms with Crippen molar-refractivity contribution in [2.24, 2.45) is 4.99 Å². The standard InChI is InChI=1S/C21H24N2O4S/c1-13-7-6-8-16(9-13)22-21-23(12-14(2)28-21)20(24)15-10-17(25-3)19(27-5)18(11-15)26-4/h6-11,14H,12H2,1-5H3/t14-/m1/s1. The molecule has 1 heterocycles. The van der Waals surface area contributed by atoms with Gasteiger partial charge in [0.25, 0.3) is 5.91 Å². The van der Waals surface area contributed by atoms with E-state index in [0.29, 0.717) is 34.5 Å². The summed E-state index contributed by atoms with van der Waals surface area (Å²) >= 11 is 1.59. The van der Waals surface area contributed by atoms with E-state index in [0.717, 1.165) is 11.3 Å². The van der Waals surface area contributed by atoms with E-state index in [4.69, 9.17) is 19.2 Å². The van der Waals surface area contributed by atoms with Crippen LogP contribution in [0.1, 0.15) is 22.8 Å². The van der Waals surface area contributed by atoms with Crippen molar-refractivity contribution >= 4 is 28.5 Å². The quantitative estimate of drug-likeness (QED) is 0.749. The number of aryl methyl sites for hydroxylation is 1. The lowest BCUT2D eigenvalue weighted by atomic mass is 10.1. The van der Waals surface area contributed by atoms with Gasteiger partial charge in [0, 0.05) is 17.4 Å². The zero-order valence-electron chi connectivity index (χ0n) is 16.7. The molecule has 1 atom stereocenters. The van der Waals surface area contributed by atoms with E-state index in [9.17, 15) is 4.79 Å². The maximum absolute atomic E-state index is 13.3.